The highest BCUT2D eigenvalue weighted by molar-refractivity contribution is 7.80. The van der Waals surface area contributed by atoms with E-state index < -0.39 is 10.4 Å². The van der Waals surface area contributed by atoms with Crippen LogP contribution in [-0.2, 0) is 28.9 Å². The quantitative estimate of drug-likeness (QED) is 0.0273. The van der Waals surface area contributed by atoms with Gasteiger partial charge >= 0.3 is 5.97 Å². The molecule has 0 heterocycles. The number of ether oxygens (including phenoxy) is 1. The smallest absolute Gasteiger partial charge is 0.305 e. The molecule has 0 radical (unpaired) electrons. The van der Waals surface area contributed by atoms with E-state index in [4.69, 9.17) is 4.74 Å². The maximum atomic E-state index is 12.2. The average molecular weight is 791 g/mol. The molecule has 0 aliphatic heterocycles. The van der Waals surface area contributed by atoms with Crippen molar-refractivity contribution >= 4 is 22.3 Å². The molecule has 0 aromatic carbocycles. The number of esters is 1. The van der Waals surface area contributed by atoms with Gasteiger partial charge < -0.3 is 19.5 Å². The summed E-state index contributed by atoms with van der Waals surface area (Å²) in [5.41, 5.74) is 0. The first kappa shape index (κ1) is 54.9. The van der Waals surface area contributed by atoms with Crippen molar-refractivity contribution in [3.63, 3.8) is 0 Å². The lowest BCUT2D eigenvalue weighted by molar-refractivity contribution is -0.897. The number of unbranched alkanes of at least 4 members (excludes halogenated alkanes) is 28. The molecule has 324 valence electrons. The van der Waals surface area contributed by atoms with Crippen molar-refractivity contribution in [3.8, 4) is 0 Å². The summed E-state index contributed by atoms with van der Waals surface area (Å²) in [6.45, 7) is 11.9. The van der Waals surface area contributed by atoms with Gasteiger partial charge in [-0.05, 0) is 26.7 Å². The standard InChI is InChI=1S/C42H84N2O3.C2H6O4S/c1-4-7-9-11-13-15-17-19-21-23-25-27-29-31-33-35-41(45)43-37-38-44(6-3)39-40-47-42(46)36-34-32-30-28-26-24-22-20-18-16-14-12-10-8-5-2;1-2-6-7(3,4)5/h4-40H2,1-3H3,(H,43,45);2H2,1H3,(H,3,4,5). The number of likely N-dealkylation sites (N-methyl/N-ethyl adjacent to an activating group) is 1. The van der Waals surface area contributed by atoms with Gasteiger partial charge in [0.15, 0.2) is 0 Å². The summed E-state index contributed by atoms with van der Waals surface area (Å²) in [6.07, 6.45) is 41.4. The predicted molar refractivity (Wildman–Crippen MR) is 226 cm³/mol. The summed E-state index contributed by atoms with van der Waals surface area (Å²) >= 11 is 0. The fourth-order valence-electron chi connectivity index (χ4n) is 6.77. The number of nitrogens with one attached hydrogen (secondary N) is 2. The Morgan fingerprint density at radius 1 is 0.519 bits per heavy atom. The number of carbonyl (C=O) groups excluding carboxylic acids is 2. The number of quaternary nitrogens is 1. The van der Waals surface area contributed by atoms with E-state index in [1.165, 1.54) is 185 Å². The zero-order chi connectivity index (χ0) is 40.2. The van der Waals surface area contributed by atoms with Gasteiger partial charge in [0.05, 0.1) is 26.2 Å². The van der Waals surface area contributed by atoms with Crippen molar-refractivity contribution in [1.82, 2.24) is 5.32 Å². The van der Waals surface area contributed by atoms with Crippen molar-refractivity contribution in [2.75, 3.05) is 39.4 Å². The molecule has 0 spiro atoms. The van der Waals surface area contributed by atoms with Crippen LogP contribution in [0.15, 0.2) is 0 Å². The summed E-state index contributed by atoms with van der Waals surface area (Å²) in [5.74, 6) is 0.136. The van der Waals surface area contributed by atoms with Gasteiger partial charge in [-0.25, -0.2) is 8.42 Å². The van der Waals surface area contributed by atoms with Gasteiger partial charge in [0.2, 0.25) is 16.3 Å². The van der Waals surface area contributed by atoms with Crippen LogP contribution in [0.1, 0.15) is 233 Å². The van der Waals surface area contributed by atoms with Crippen molar-refractivity contribution in [2.45, 2.75) is 233 Å². The first-order valence-electron chi connectivity index (χ1n) is 23.1. The first-order chi connectivity index (χ1) is 26.2. The Labute approximate surface area is 335 Å². The van der Waals surface area contributed by atoms with Crippen molar-refractivity contribution in [2.24, 2.45) is 0 Å². The topological polar surface area (TPSA) is 126 Å². The number of hydrogen-bond donors (Lipinski definition) is 2. The lowest BCUT2D eigenvalue weighted by atomic mass is 10.0. The van der Waals surface area contributed by atoms with E-state index in [9.17, 15) is 22.6 Å². The normalized spacial score (nSPS) is 11.9. The molecule has 0 bridgehead atoms. The second-order valence-electron chi connectivity index (χ2n) is 15.4. The number of hydrogen-bond acceptors (Lipinski definition) is 7. The van der Waals surface area contributed by atoms with Crippen LogP contribution in [0.4, 0.5) is 0 Å². The highest BCUT2D eigenvalue weighted by atomic mass is 32.3. The van der Waals surface area contributed by atoms with Crippen LogP contribution in [0, 0.1) is 0 Å². The maximum Gasteiger partial charge on any atom is 0.305 e. The molecule has 0 saturated carbocycles. The highest BCUT2D eigenvalue weighted by Gasteiger charge is 2.10. The molecule has 0 aromatic heterocycles. The molecule has 0 rings (SSSR count). The van der Waals surface area contributed by atoms with Crippen molar-refractivity contribution in [1.29, 1.82) is 0 Å². The minimum atomic E-state index is -4.42. The van der Waals surface area contributed by atoms with Crippen LogP contribution < -0.4 is 10.2 Å². The summed E-state index contributed by atoms with van der Waals surface area (Å²) in [7, 11) is -4.42. The molecular formula is C44H90N2O7S. The van der Waals surface area contributed by atoms with Gasteiger partial charge in [0.25, 0.3) is 0 Å². The third-order valence-electron chi connectivity index (χ3n) is 10.3. The van der Waals surface area contributed by atoms with Crippen molar-refractivity contribution in [3.05, 3.63) is 0 Å². The van der Waals surface area contributed by atoms with E-state index in [0.717, 1.165) is 38.9 Å². The lowest BCUT2D eigenvalue weighted by Gasteiger charge is -2.18. The van der Waals surface area contributed by atoms with E-state index in [-0.39, 0.29) is 18.5 Å². The Balaban J connectivity index is 0. The third-order valence-corrected chi connectivity index (χ3v) is 10.8. The molecule has 2 N–H and O–H groups in total. The molecular weight excluding hydrogens is 701 g/mol. The number of amides is 1. The molecule has 1 unspecified atom stereocenters. The fraction of sp³-hybridized carbons (Fsp3) is 0.955. The Bertz CT molecular complexity index is 836. The molecule has 1 amide bonds. The largest absolute Gasteiger partial charge is 0.726 e. The van der Waals surface area contributed by atoms with Crippen LogP contribution in [0.25, 0.3) is 0 Å². The van der Waals surface area contributed by atoms with Crippen LogP contribution in [-0.4, -0.2) is 64.2 Å². The van der Waals surface area contributed by atoms with Crippen LogP contribution in [0.3, 0.4) is 0 Å². The Morgan fingerprint density at radius 3 is 1.19 bits per heavy atom. The maximum absolute atomic E-state index is 12.2. The average Bonchev–Trinajstić information content (AvgIpc) is 3.14. The molecule has 0 aliphatic rings. The van der Waals surface area contributed by atoms with E-state index >= 15 is 0 Å². The SMILES string of the molecule is CCCCCCCCCCCCCCCCCC(=O)NCC[NH+](CC)CCOC(=O)CCCCCCCCCCCCCCCCC.CCOS(=O)(=O)[O-]. The van der Waals surface area contributed by atoms with Crippen molar-refractivity contribution < 1.29 is 36.4 Å². The second-order valence-corrected chi connectivity index (χ2v) is 16.4. The molecule has 10 heteroatoms. The predicted octanol–water partition coefficient (Wildman–Crippen LogP) is 10.6. The third kappa shape index (κ3) is 48.8. The van der Waals surface area contributed by atoms with Crippen LogP contribution in [0.2, 0.25) is 0 Å². The lowest BCUT2D eigenvalue weighted by Crippen LogP contribution is -3.13. The number of rotatable bonds is 41. The molecule has 0 aliphatic carbocycles. The Hall–Kier alpha value is -1.23. The zero-order valence-electron chi connectivity index (χ0n) is 36.1. The van der Waals surface area contributed by atoms with E-state index in [2.05, 4.69) is 30.3 Å². The molecule has 54 heavy (non-hydrogen) atoms. The molecule has 1 atom stereocenters. The fourth-order valence-corrected chi connectivity index (χ4v) is 7.06. The highest BCUT2D eigenvalue weighted by Crippen LogP contribution is 2.15. The molecule has 0 saturated heterocycles. The zero-order valence-corrected chi connectivity index (χ0v) is 37.0. The summed E-state index contributed by atoms with van der Waals surface area (Å²) in [4.78, 5) is 25.8. The van der Waals surface area contributed by atoms with Gasteiger partial charge in [-0.3, -0.25) is 13.8 Å². The Kier molecular flexibility index (Phi) is 45.2. The molecule has 0 aromatic rings. The van der Waals surface area contributed by atoms with Gasteiger partial charge in [-0.15, -0.1) is 0 Å². The van der Waals surface area contributed by atoms with E-state index in [1.54, 1.807) is 0 Å². The second kappa shape index (κ2) is 44.5. The number of carbonyl (C=O) groups is 2. The molecule has 0 fully saturated rings. The Morgan fingerprint density at radius 2 is 0.870 bits per heavy atom. The summed E-state index contributed by atoms with van der Waals surface area (Å²) in [6, 6.07) is 0. The van der Waals surface area contributed by atoms with Gasteiger partial charge in [-0.2, -0.15) is 0 Å². The van der Waals surface area contributed by atoms with Crippen LogP contribution >= 0.6 is 0 Å². The van der Waals surface area contributed by atoms with Gasteiger partial charge in [-0.1, -0.05) is 194 Å². The van der Waals surface area contributed by atoms with E-state index in [1.807, 2.05) is 0 Å². The van der Waals surface area contributed by atoms with Gasteiger partial charge in [0.1, 0.15) is 13.2 Å². The first-order valence-corrected chi connectivity index (χ1v) is 24.4. The minimum Gasteiger partial charge on any atom is -0.726 e. The summed E-state index contributed by atoms with van der Waals surface area (Å²) in [5, 5.41) is 3.10. The molecule has 9 nitrogen and oxygen atoms in total. The van der Waals surface area contributed by atoms with Crippen LogP contribution in [0.5, 0.6) is 0 Å². The minimum absolute atomic E-state index is 0.0491. The van der Waals surface area contributed by atoms with Gasteiger partial charge in [0, 0.05) is 12.8 Å². The monoisotopic (exact) mass is 791 g/mol. The van der Waals surface area contributed by atoms with E-state index in [0.29, 0.717) is 26.0 Å². The summed E-state index contributed by atoms with van der Waals surface area (Å²) < 4.78 is 37.5.